The molecule has 0 saturated carbocycles. The summed E-state index contributed by atoms with van der Waals surface area (Å²) in [4.78, 5) is 95.7. The first kappa shape index (κ1) is 63.4. The third-order valence-corrected chi connectivity index (χ3v) is 13.5. The van der Waals surface area contributed by atoms with Crippen LogP contribution >= 0.6 is 0 Å². The number of hydrogen-bond donors (Lipinski definition) is 2. The Morgan fingerprint density at radius 2 is 0.860 bits per heavy atom. The molecule has 2 N–H and O–H groups in total. The molecule has 0 spiro atoms. The fourth-order valence-electron chi connectivity index (χ4n) is 9.55. The Hall–Kier alpha value is -8.59. The number of benzene rings is 5. The first-order valence-electron chi connectivity index (χ1n) is 27.1. The number of aliphatic hydroxyl groups is 2. The minimum absolute atomic E-state index is 0.00260. The third kappa shape index (κ3) is 16.4. The molecule has 3 saturated heterocycles. The molecule has 0 amide bonds. The van der Waals surface area contributed by atoms with Crippen LogP contribution in [0.2, 0.25) is 0 Å². The lowest BCUT2D eigenvalue weighted by Gasteiger charge is -2.49. The molecule has 3 aliphatic heterocycles. The van der Waals surface area contributed by atoms with Crippen LogP contribution in [-0.2, 0) is 76.0 Å². The zero-order valence-electron chi connectivity index (χ0n) is 47.0. The molecular weight excluding hydrogens is 1130 g/mol. The highest BCUT2D eigenvalue weighted by molar-refractivity contribution is 5.91. The van der Waals surface area contributed by atoms with E-state index in [0.29, 0.717) is 5.75 Å². The predicted octanol–water partition coefficient (Wildman–Crippen LogP) is 4.90. The van der Waals surface area contributed by atoms with Gasteiger partial charge in [-0.25, -0.2) is 19.2 Å². The van der Waals surface area contributed by atoms with Gasteiger partial charge in [0.25, 0.3) is 0 Å². The molecule has 8 rings (SSSR count). The number of ether oxygens (including phenoxy) is 15. The van der Waals surface area contributed by atoms with Crippen LogP contribution in [0, 0.1) is 0 Å². The van der Waals surface area contributed by atoms with Crippen molar-refractivity contribution in [3.05, 3.63) is 181 Å². The molecule has 5 aromatic carbocycles. The van der Waals surface area contributed by atoms with Crippen LogP contribution in [0.3, 0.4) is 0 Å². The summed E-state index contributed by atoms with van der Waals surface area (Å²) in [5, 5.41) is 22.4. The standard InChI is InChI=1S/C62H64O24/c1-6-31-73-51-48(76-35(2)64)46(82-62(54(51)78-37(4)66)86-50-47(67)44(32-63)80-61(53(50)77-36(3)65)79-43-29-27-42(72-5)28-30-43)34-75-60-55(85-59(71)41-25-17-10-18-26-41)52(84-58(70)40-23-15-9-16-24-40)49(83-57(69)39-21-13-8-14-22-39)45(81-60)33-74-56(68)38-19-11-7-12-20-38/h6-30,44-55,60-63,67H,1,31-34H2,2-5H3/t44-,45-,46-,47-,48-,49-,50+,51+,52+,53-,54-,55-,60-,61-,62+/m1/s1. The number of rotatable bonds is 24. The summed E-state index contributed by atoms with van der Waals surface area (Å²) in [6.07, 6.45) is -24.6. The molecule has 86 heavy (non-hydrogen) atoms. The Bertz CT molecular complexity index is 3060. The van der Waals surface area contributed by atoms with E-state index >= 15 is 0 Å². The van der Waals surface area contributed by atoms with E-state index in [1.165, 1.54) is 73.8 Å². The topological polar surface area (TPSA) is 298 Å². The third-order valence-electron chi connectivity index (χ3n) is 13.5. The van der Waals surface area contributed by atoms with E-state index in [4.69, 9.17) is 71.1 Å². The SMILES string of the molecule is C=CCO[C@@H]1[C@@H](OC(C)=O)[C@H](O[C@H]2[C@H](O)[C@@H](CO)O[C@@H](Oc3ccc(OC)cc3)[C@@H]2OC(C)=O)O[C@H](CO[C@@H]2O[C@H](COC(=O)c3ccccc3)[C@@H](OC(=O)c3ccccc3)[C@H](OC(=O)c3ccccc3)[C@H]2OC(=O)c2ccccc2)[C@H]1OC(C)=O. The molecule has 0 aliphatic carbocycles. The van der Waals surface area contributed by atoms with Crippen LogP contribution in [0.15, 0.2) is 158 Å². The number of carbonyl (C=O) groups excluding carboxylic acids is 7. The predicted molar refractivity (Wildman–Crippen MR) is 294 cm³/mol. The van der Waals surface area contributed by atoms with E-state index in [-0.39, 0.29) is 34.6 Å². The average molecular weight is 1190 g/mol. The molecule has 0 bridgehead atoms. The normalized spacial score (nSPS) is 26.9. The van der Waals surface area contributed by atoms with Crippen LogP contribution in [0.4, 0.5) is 0 Å². The van der Waals surface area contributed by atoms with Gasteiger partial charge in [0.2, 0.25) is 6.29 Å². The number of carbonyl (C=O) groups is 7. The molecule has 0 radical (unpaired) electrons. The zero-order valence-corrected chi connectivity index (χ0v) is 47.0. The Morgan fingerprint density at radius 3 is 1.35 bits per heavy atom. The molecule has 3 fully saturated rings. The summed E-state index contributed by atoms with van der Waals surface area (Å²) in [7, 11) is 1.46. The fraction of sp³-hybridized carbons (Fsp3) is 0.371. The van der Waals surface area contributed by atoms with E-state index in [2.05, 4.69) is 6.58 Å². The lowest BCUT2D eigenvalue weighted by molar-refractivity contribution is -0.363. The van der Waals surface area contributed by atoms with Gasteiger partial charge >= 0.3 is 41.8 Å². The molecule has 24 heteroatoms. The molecule has 3 heterocycles. The van der Waals surface area contributed by atoms with E-state index < -0.39 is 154 Å². The van der Waals surface area contributed by atoms with Gasteiger partial charge < -0.3 is 81.3 Å². The minimum atomic E-state index is -1.94. The van der Waals surface area contributed by atoms with Crippen LogP contribution in [0.25, 0.3) is 0 Å². The van der Waals surface area contributed by atoms with Crippen LogP contribution in [0.5, 0.6) is 11.5 Å². The maximum atomic E-state index is 14.4. The molecule has 0 aromatic heterocycles. The quantitative estimate of drug-likeness (QED) is 0.0471. The molecule has 24 nitrogen and oxygen atoms in total. The van der Waals surface area contributed by atoms with E-state index in [0.717, 1.165) is 20.8 Å². The van der Waals surface area contributed by atoms with Gasteiger partial charge in [-0.15, -0.1) is 6.58 Å². The Kier molecular flexibility index (Phi) is 22.5. The van der Waals surface area contributed by atoms with Gasteiger partial charge in [0.15, 0.2) is 49.2 Å². The summed E-state index contributed by atoms with van der Waals surface area (Å²) in [5.41, 5.74) is 0.179. The van der Waals surface area contributed by atoms with Crippen molar-refractivity contribution in [3.63, 3.8) is 0 Å². The second-order valence-electron chi connectivity index (χ2n) is 19.5. The van der Waals surface area contributed by atoms with Crippen molar-refractivity contribution < 1.29 is 115 Å². The van der Waals surface area contributed by atoms with Gasteiger partial charge in [-0.1, -0.05) is 78.9 Å². The molecule has 456 valence electrons. The first-order valence-corrected chi connectivity index (χ1v) is 27.1. The fourth-order valence-corrected chi connectivity index (χ4v) is 9.55. The molecule has 5 aromatic rings. The number of aliphatic hydroxyl groups excluding tert-OH is 2. The second-order valence-corrected chi connectivity index (χ2v) is 19.5. The molecule has 15 atom stereocenters. The number of methoxy groups -OCH3 is 1. The summed E-state index contributed by atoms with van der Waals surface area (Å²) < 4.78 is 91.6. The van der Waals surface area contributed by atoms with E-state index in [1.807, 2.05) is 0 Å². The van der Waals surface area contributed by atoms with E-state index in [9.17, 15) is 43.8 Å². The van der Waals surface area contributed by atoms with Gasteiger partial charge in [0.05, 0.1) is 49.2 Å². The van der Waals surface area contributed by atoms with Gasteiger partial charge in [-0.3, -0.25) is 14.4 Å². The van der Waals surface area contributed by atoms with E-state index in [1.54, 1.807) is 84.9 Å². The van der Waals surface area contributed by atoms with Crippen LogP contribution < -0.4 is 9.47 Å². The average Bonchev–Trinajstić information content (AvgIpc) is 1.13. The van der Waals surface area contributed by atoms with Crippen molar-refractivity contribution in [2.45, 2.75) is 113 Å². The van der Waals surface area contributed by atoms with Crippen molar-refractivity contribution in [2.24, 2.45) is 0 Å². The number of esters is 7. The van der Waals surface area contributed by atoms with Gasteiger partial charge in [0, 0.05) is 20.8 Å². The maximum Gasteiger partial charge on any atom is 0.338 e. The molecule has 0 unspecified atom stereocenters. The smallest absolute Gasteiger partial charge is 0.338 e. The summed E-state index contributed by atoms with van der Waals surface area (Å²) in [5.74, 6) is -5.90. The van der Waals surface area contributed by atoms with Crippen molar-refractivity contribution in [3.8, 4) is 11.5 Å². The van der Waals surface area contributed by atoms with Gasteiger partial charge in [-0.2, -0.15) is 0 Å². The highest BCUT2D eigenvalue weighted by atomic mass is 16.8. The van der Waals surface area contributed by atoms with Crippen molar-refractivity contribution in [1.82, 2.24) is 0 Å². The van der Waals surface area contributed by atoms with Crippen molar-refractivity contribution in [1.29, 1.82) is 0 Å². The molecular formula is C62H64O24. The van der Waals surface area contributed by atoms with Gasteiger partial charge in [-0.05, 0) is 72.8 Å². The Morgan fingerprint density at radius 1 is 0.453 bits per heavy atom. The molecule has 3 aliphatic rings. The van der Waals surface area contributed by atoms with Crippen LogP contribution in [-0.4, -0.2) is 178 Å². The Labute approximate surface area is 493 Å². The largest absolute Gasteiger partial charge is 0.497 e. The first-order chi connectivity index (χ1) is 41.5. The highest BCUT2D eigenvalue weighted by Crippen LogP contribution is 2.37. The van der Waals surface area contributed by atoms with Gasteiger partial charge in [0.1, 0.15) is 54.7 Å². The summed E-state index contributed by atoms with van der Waals surface area (Å²) >= 11 is 0. The Balaban J connectivity index is 1.21. The lowest BCUT2D eigenvalue weighted by Crippen LogP contribution is -2.67. The minimum Gasteiger partial charge on any atom is -0.497 e. The monoisotopic (exact) mass is 1190 g/mol. The summed E-state index contributed by atoms with van der Waals surface area (Å²) in [6.45, 7) is 4.28. The van der Waals surface area contributed by atoms with Crippen molar-refractivity contribution >= 4 is 41.8 Å². The number of hydrogen-bond acceptors (Lipinski definition) is 24. The van der Waals surface area contributed by atoms with Crippen molar-refractivity contribution in [2.75, 3.05) is 33.5 Å². The maximum absolute atomic E-state index is 14.4. The highest BCUT2D eigenvalue weighted by Gasteiger charge is 2.58. The zero-order chi connectivity index (χ0) is 61.3. The van der Waals surface area contributed by atoms with Crippen LogP contribution in [0.1, 0.15) is 62.2 Å². The second kappa shape index (κ2) is 30.5. The summed E-state index contributed by atoms with van der Waals surface area (Å²) in [6, 6.07) is 37.1. The lowest BCUT2D eigenvalue weighted by atomic mass is 9.96.